The summed E-state index contributed by atoms with van der Waals surface area (Å²) in [6.07, 6.45) is -4.50. The molecule has 140 valence electrons. The molecule has 3 rings (SSSR count). The van der Waals surface area contributed by atoms with Gasteiger partial charge in [0, 0.05) is 5.56 Å². The van der Waals surface area contributed by atoms with Crippen LogP contribution in [0.4, 0.5) is 13.2 Å². The van der Waals surface area contributed by atoms with E-state index in [0.29, 0.717) is 10.6 Å². The molecule has 7 nitrogen and oxygen atoms in total. The highest BCUT2D eigenvalue weighted by Crippen LogP contribution is 2.29. The number of carboxylic acid groups (broad SMARTS) is 1. The fraction of sp³-hybridized carbons (Fsp3) is 0.125. The Kier molecular flexibility index (Phi) is 4.95. The van der Waals surface area contributed by atoms with E-state index in [4.69, 9.17) is 0 Å². The van der Waals surface area contributed by atoms with Crippen molar-refractivity contribution in [3.8, 4) is 16.3 Å². The Labute approximate surface area is 154 Å². The molecule has 27 heavy (non-hydrogen) atoms. The van der Waals surface area contributed by atoms with Crippen molar-refractivity contribution in [1.82, 2.24) is 20.3 Å². The van der Waals surface area contributed by atoms with E-state index in [1.165, 1.54) is 40.3 Å². The number of alkyl halides is 3. The Hall–Kier alpha value is -3.21. The molecule has 0 aliphatic rings. The second-order valence-corrected chi connectivity index (χ2v) is 6.27. The van der Waals surface area contributed by atoms with E-state index in [1.54, 1.807) is 22.8 Å². The third-order valence-corrected chi connectivity index (χ3v) is 4.33. The molecule has 0 bridgehead atoms. The van der Waals surface area contributed by atoms with Gasteiger partial charge in [0.1, 0.15) is 12.2 Å². The van der Waals surface area contributed by atoms with E-state index in [1.807, 2.05) is 0 Å². The summed E-state index contributed by atoms with van der Waals surface area (Å²) in [5.74, 6) is -2.12. The summed E-state index contributed by atoms with van der Waals surface area (Å²) in [6.45, 7) is -1.43. The van der Waals surface area contributed by atoms with Gasteiger partial charge in [0.05, 0.1) is 10.6 Å². The maximum Gasteiger partial charge on any atom is 0.405 e. The van der Waals surface area contributed by atoms with Crippen LogP contribution in [0.2, 0.25) is 0 Å². The fourth-order valence-corrected chi connectivity index (χ4v) is 3.03. The summed E-state index contributed by atoms with van der Waals surface area (Å²) in [6, 6.07) is 8.99. The van der Waals surface area contributed by atoms with E-state index in [2.05, 4.69) is 10.3 Å². The number of thiophene rings is 1. The Morgan fingerprint density at radius 1 is 1.19 bits per heavy atom. The van der Waals surface area contributed by atoms with Crippen LogP contribution in [0.3, 0.4) is 0 Å². The molecule has 0 atom stereocenters. The molecule has 0 radical (unpaired) electrons. The molecule has 1 amide bonds. The second-order valence-electron chi connectivity index (χ2n) is 5.33. The Morgan fingerprint density at radius 2 is 1.89 bits per heavy atom. The van der Waals surface area contributed by atoms with Gasteiger partial charge in [-0.05, 0) is 35.7 Å². The van der Waals surface area contributed by atoms with Crippen LogP contribution >= 0.6 is 11.3 Å². The van der Waals surface area contributed by atoms with E-state index in [-0.39, 0.29) is 17.0 Å². The number of aromatic carboxylic acids is 1. The zero-order valence-electron chi connectivity index (χ0n) is 13.4. The predicted molar refractivity (Wildman–Crippen MR) is 90.0 cm³/mol. The molecule has 0 spiro atoms. The molecule has 0 saturated heterocycles. The first-order valence-corrected chi connectivity index (χ1v) is 8.32. The van der Waals surface area contributed by atoms with Crippen LogP contribution in [0.5, 0.6) is 0 Å². The average molecular weight is 396 g/mol. The van der Waals surface area contributed by atoms with E-state index < -0.39 is 24.6 Å². The topological polar surface area (TPSA) is 97.1 Å². The average Bonchev–Trinajstić information content (AvgIpc) is 3.28. The van der Waals surface area contributed by atoms with Crippen LogP contribution in [-0.4, -0.2) is 44.7 Å². The highest BCUT2D eigenvalue weighted by Gasteiger charge is 2.28. The number of nitrogens with one attached hydrogen (secondary N) is 1. The summed E-state index contributed by atoms with van der Waals surface area (Å²) in [5.41, 5.74) is 0.473. The third kappa shape index (κ3) is 4.14. The van der Waals surface area contributed by atoms with Crippen molar-refractivity contribution < 1.29 is 27.9 Å². The minimum atomic E-state index is -4.50. The van der Waals surface area contributed by atoms with Crippen molar-refractivity contribution in [2.45, 2.75) is 6.18 Å². The number of carboxylic acids is 1. The lowest BCUT2D eigenvalue weighted by Gasteiger charge is -2.09. The summed E-state index contributed by atoms with van der Waals surface area (Å²) < 4.78 is 37.8. The number of carbonyl (C=O) groups is 2. The molecule has 2 aromatic heterocycles. The molecule has 2 N–H and O–H groups in total. The minimum Gasteiger partial charge on any atom is -0.476 e. The molecular weight excluding hydrogens is 385 g/mol. The van der Waals surface area contributed by atoms with Crippen LogP contribution < -0.4 is 5.32 Å². The molecule has 1 aromatic carbocycles. The lowest BCUT2D eigenvalue weighted by molar-refractivity contribution is -0.123. The van der Waals surface area contributed by atoms with Gasteiger partial charge in [0.2, 0.25) is 0 Å². The van der Waals surface area contributed by atoms with Crippen LogP contribution in [0, 0.1) is 0 Å². The number of hydrogen-bond donors (Lipinski definition) is 2. The monoisotopic (exact) mass is 396 g/mol. The quantitative estimate of drug-likeness (QED) is 0.691. The third-order valence-electron chi connectivity index (χ3n) is 3.45. The normalized spacial score (nSPS) is 11.4. The number of carbonyl (C=O) groups excluding carboxylic acids is 1. The van der Waals surface area contributed by atoms with Crippen LogP contribution in [-0.2, 0) is 0 Å². The van der Waals surface area contributed by atoms with Crippen molar-refractivity contribution in [1.29, 1.82) is 0 Å². The lowest BCUT2D eigenvalue weighted by atomic mass is 10.2. The molecule has 0 fully saturated rings. The van der Waals surface area contributed by atoms with Gasteiger partial charge in [-0.25, -0.2) is 9.48 Å². The van der Waals surface area contributed by atoms with Crippen molar-refractivity contribution >= 4 is 23.2 Å². The molecule has 3 aromatic rings. The van der Waals surface area contributed by atoms with Crippen LogP contribution in [0.25, 0.3) is 16.3 Å². The Bertz CT molecular complexity index is 966. The zero-order valence-corrected chi connectivity index (χ0v) is 14.2. The van der Waals surface area contributed by atoms with E-state index in [9.17, 15) is 27.9 Å². The summed E-state index contributed by atoms with van der Waals surface area (Å²) in [5, 5.41) is 20.4. The number of amides is 1. The van der Waals surface area contributed by atoms with Crippen LogP contribution in [0.1, 0.15) is 20.8 Å². The van der Waals surface area contributed by atoms with Gasteiger partial charge in [-0.1, -0.05) is 11.3 Å². The largest absolute Gasteiger partial charge is 0.476 e. The number of halogens is 3. The first kappa shape index (κ1) is 18.6. The maximum atomic E-state index is 12.2. The van der Waals surface area contributed by atoms with Crippen molar-refractivity contribution in [3.05, 3.63) is 53.0 Å². The van der Waals surface area contributed by atoms with Crippen molar-refractivity contribution in [2.24, 2.45) is 0 Å². The second kappa shape index (κ2) is 7.19. The predicted octanol–water partition coefficient (Wildman–Crippen LogP) is 2.99. The van der Waals surface area contributed by atoms with Crippen molar-refractivity contribution in [3.63, 3.8) is 0 Å². The molecule has 0 aliphatic carbocycles. The van der Waals surface area contributed by atoms with Gasteiger partial charge in [0.15, 0.2) is 5.69 Å². The Balaban J connectivity index is 1.90. The van der Waals surface area contributed by atoms with E-state index >= 15 is 0 Å². The molecule has 2 heterocycles. The van der Waals surface area contributed by atoms with Gasteiger partial charge in [-0.3, -0.25) is 4.79 Å². The summed E-state index contributed by atoms with van der Waals surface area (Å²) in [7, 11) is 0. The summed E-state index contributed by atoms with van der Waals surface area (Å²) in [4.78, 5) is 23.8. The van der Waals surface area contributed by atoms with E-state index in [0.717, 1.165) is 0 Å². The SMILES string of the molecule is O=C(NCC(F)(F)F)c1ccc(-n2nnc(C(=O)O)c2-c2cccs2)cc1. The molecular formula is C16H11F3N4O3S. The van der Waals surface area contributed by atoms with Gasteiger partial charge >= 0.3 is 12.1 Å². The molecule has 0 unspecified atom stereocenters. The van der Waals surface area contributed by atoms with Gasteiger partial charge in [-0.15, -0.1) is 16.4 Å². The number of hydrogen-bond acceptors (Lipinski definition) is 5. The zero-order chi connectivity index (χ0) is 19.6. The smallest absolute Gasteiger partial charge is 0.405 e. The fourth-order valence-electron chi connectivity index (χ4n) is 2.28. The van der Waals surface area contributed by atoms with Gasteiger partial charge in [-0.2, -0.15) is 13.2 Å². The molecule has 11 heteroatoms. The maximum absolute atomic E-state index is 12.2. The summed E-state index contributed by atoms with van der Waals surface area (Å²) >= 11 is 1.30. The standard InChI is InChI=1S/C16H11F3N4O3S/c17-16(18,19)8-20-14(24)9-3-5-10(6-4-9)23-13(11-2-1-7-27-11)12(15(25)26)21-22-23/h1-7H,8H2,(H,20,24)(H,25,26). The van der Waals surface area contributed by atoms with Crippen LogP contribution in [0.15, 0.2) is 41.8 Å². The highest BCUT2D eigenvalue weighted by atomic mass is 32.1. The number of aromatic nitrogens is 3. The Morgan fingerprint density at radius 3 is 2.44 bits per heavy atom. The lowest BCUT2D eigenvalue weighted by Crippen LogP contribution is -2.33. The van der Waals surface area contributed by atoms with Gasteiger partial charge in [0.25, 0.3) is 5.91 Å². The first-order chi connectivity index (χ1) is 12.8. The highest BCUT2D eigenvalue weighted by molar-refractivity contribution is 7.13. The van der Waals surface area contributed by atoms with Crippen molar-refractivity contribution in [2.75, 3.05) is 6.54 Å². The number of benzene rings is 1. The minimum absolute atomic E-state index is 0.0271. The molecule has 0 saturated carbocycles. The molecule has 0 aliphatic heterocycles. The number of nitrogens with zero attached hydrogens (tertiary/aromatic N) is 3. The number of rotatable bonds is 5. The first-order valence-electron chi connectivity index (χ1n) is 7.44. The van der Waals surface area contributed by atoms with Gasteiger partial charge < -0.3 is 10.4 Å².